The minimum absolute atomic E-state index is 0.208. The summed E-state index contributed by atoms with van der Waals surface area (Å²) in [5.74, 6) is 1.44. The maximum Gasteiger partial charge on any atom is 0.127 e. The number of nitrogens with zero attached hydrogens (tertiary/aromatic N) is 3. The third kappa shape index (κ3) is 3.20. The van der Waals surface area contributed by atoms with Crippen LogP contribution in [0.4, 0.5) is 0 Å². The van der Waals surface area contributed by atoms with Crippen molar-refractivity contribution < 1.29 is 4.21 Å². The van der Waals surface area contributed by atoms with Gasteiger partial charge >= 0.3 is 0 Å². The summed E-state index contributed by atoms with van der Waals surface area (Å²) >= 11 is 6.19. The lowest BCUT2D eigenvalue weighted by Gasteiger charge is -2.10. The third-order valence-corrected chi connectivity index (χ3v) is 4.13. The molecule has 0 spiro atoms. The number of nitriles is 1. The van der Waals surface area contributed by atoms with E-state index in [-0.39, 0.29) is 5.38 Å². The van der Waals surface area contributed by atoms with Gasteiger partial charge < -0.3 is 4.57 Å². The van der Waals surface area contributed by atoms with Crippen molar-refractivity contribution in [3.8, 4) is 6.07 Å². The van der Waals surface area contributed by atoms with Crippen LogP contribution in [0.15, 0.2) is 18.2 Å². The summed E-state index contributed by atoms with van der Waals surface area (Å²) in [6.07, 6.45) is 2.49. The molecule has 0 amide bonds. The monoisotopic (exact) mass is 309 g/mol. The molecule has 0 aliphatic carbocycles. The number of fused-ring (bicyclic) bond motifs is 1. The Morgan fingerprint density at radius 1 is 1.55 bits per heavy atom. The number of hydrogen-bond acceptors (Lipinski definition) is 3. The molecule has 106 valence electrons. The van der Waals surface area contributed by atoms with E-state index in [0.29, 0.717) is 17.9 Å². The van der Waals surface area contributed by atoms with Gasteiger partial charge in [-0.15, -0.1) is 11.6 Å². The van der Waals surface area contributed by atoms with Crippen molar-refractivity contribution in [1.82, 2.24) is 9.55 Å². The van der Waals surface area contributed by atoms with Crippen LogP contribution in [0.25, 0.3) is 11.0 Å². The number of rotatable bonds is 5. The van der Waals surface area contributed by atoms with Gasteiger partial charge in [0.15, 0.2) is 0 Å². The van der Waals surface area contributed by atoms with Crippen LogP contribution in [0.1, 0.15) is 30.1 Å². The van der Waals surface area contributed by atoms with Crippen LogP contribution in [-0.4, -0.2) is 25.8 Å². The molecule has 4 nitrogen and oxygen atoms in total. The molecule has 1 aromatic heterocycles. The highest BCUT2D eigenvalue weighted by molar-refractivity contribution is 7.84. The molecule has 0 bridgehead atoms. The molecule has 1 aromatic carbocycles. The van der Waals surface area contributed by atoms with E-state index < -0.39 is 10.8 Å². The van der Waals surface area contributed by atoms with E-state index in [1.54, 1.807) is 12.3 Å². The van der Waals surface area contributed by atoms with Crippen LogP contribution in [0, 0.1) is 11.3 Å². The molecule has 0 saturated heterocycles. The normalized spacial score (nSPS) is 14.1. The van der Waals surface area contributed by atoms with Crippen molar-refractivity contribution in [2.24, 2.45) is 0 Å². The van der Waals surface area contributed by atoms with Crippen molar-refractivity contribution in [3.05, 3.63) is 29.6 Å². The Balaban J connectivity index is 2.44. The largest absolute Gasteiger partial charge is 0.327 e. The van der Waals surface area contributed by atoms with Gasteiger partial charge in [-0.2, -0.15) is 5.26 Å². The van der Waals surface area contributed by atoms with Gasteiger partial charge in [0.2, 0.25) is 0 Å². The predicted molar refractivity (Wildman–Crippen MR) is 82.3 cm³/mol. The lowest BCUT2D eigenvalue weighted by Crippen LogP contribution is -2.07. The molecule has 0 aliphatic rings. The molecule has 2 aromatic rings. The summed E-state index contributed by atoms with van der Waals surface area (Å²) in [5, 5.41) is 8.80. The number of aryl methyl sites for hydroxylation is 1. The quantitative estimate of drug-likeness (QED) is 0.798. The van der Waals surface area contributed by atoms with Crippen molar-refractivity contribution in [3.63, 3.8) is 0 Å². The van der Waals surface area contributed by atoms with Crippen LogP contribution in [0.3, 0.4) is 0 Å². The van der Waals surface area contributed by atoms with Gasteiger partial charge in [0.1, 0.15) is 5.82 Å². The fourth-order valence-corrected chi connectivity index (χ4v) is 2.88. The highest BCUT2D eigenvalue weighted by atomic mass is 35.5. The molecule has 2 atom stereocenters. The van der Waals surface area contributed by atoms with E-state index in [0.717, 1.165) is 23.3 Å². The number of imidazole rings is 1. The summed E-state index contributed by atoms with van der Waals surface area (Å²) in [6.45, 7) is 2.58. The minimum atomic E-state index is -0.803. The Morgan fingerprint density at radius 3 is 2.90 bits per heavy atom. The Hall–Kier alpha value is -1.38. The van der Waals surface area contributed by atoms with Gasteiger partial charge in [-0.05, 0) is 31.5 Å². The van der Waals surface area contributed by atoms with Gasteiger partial charge in [0, 0.05) is 29.4 Å². The molecule has 0 N–H and O–H groups in total. The Kier molecular flexibility index (Phi) is 4.79. The zero-order valence-corrected chi connectivity index (χ0v) is 13.0. The highest BCUT2D eigenvalue weighted by Gasteiger charge is 2.15. The Labute approximate surface area is 125 Å². The van der Waals surface area contributed by atoms with E-state index in [1.807, 2.05) is 23.6 Å². The van der Waals surface area contributed by atoms with E-state index in [1.165, 1.54) is 0 Å². The Bertz CT molecular complexity index is 688. The molecule has 1 heterocycles. The zero-order valence-electron chi connectivity index (χ0n) is 11.5. The maximum absolute atomic E-state index is 11.2. The fraction of sp³-hybridized carbons (Fsp3) is 0.429. The lowest BCUT2D eigenvalue weighted by molar-refractivity contribution is 0.646. The first-order valence-electron chi connectivity index (χ1n) is 6.37. The van der Waals surface area contributed by atoms with Crippen LogP contribution in [0.5, 0.6) is 0 Å². The third-order valence-electron chi connectivity index (χ3n) is 3.08. The zero-order chi connectivity index (χ0) is 14.7. The molecule has 2 unspecified atom stereocenters. The average molecular weight is 310 g/mol. The first-order valence-corrected chi connectivity index (χ1v) is 8.53. The number of benzene rings is 1. The van der Waals surface area contributed by atoms with Crippen LogP contribution < -0.4 is 0 Å². The number of halogens is 1. The minimum Gasteiger partial charge on any atom is -0.327 e. The molecular formula is C14H16ClN3OS. The second-order valence-corrected chi connectivity index (χ2v) is 6.89. The molecule has 2 rings (SSSR count). The molecule has 0 saturated carbocycles. The maximum atomic E-state index is 11.2. The number of aromatic nitrogens is 2. The molecule has 6 heteroatoms. The van der Waals surface area contributed by atoms with Crippen LogP contribution >= 0.6 is 11.6 Å². The van der Waals surface area contributed by atoms with E-state index in [9.17, 15) is 4.21 Å². The van der Waals surface area contributed by atoms with Crippen LogP contribution in [-0.2, 0) is 17.3 Å². The van der Waals surface area contributed by atoms with Crippen LogP contribution in [0.2, 0.25) is 0 Å². The van der Waals surface area contributed by atoms with Gasteiger partial charge in [-0.3, -0.25) is 4.21 Å². The summed E-state index contributed by atoms with van der Waals surface area (Å²) in [4.78, 5) is 4.53. The number of alkyl halides is 1. The fourth-order valence-electron chi connectivity index (χ4n) is 2.18. The topological polar surface area (TPSA) is 58.7 Å². The molecule has 0 radical (unpaired) electrons. The highest BCUT2D eigenvalue weighted by Crippen LogP contribution is 2.25. The molecule has 0 aliphatic heterocycles. The smallest absolute Gasteiger partial charge is 0.127 e. The summed E-state index contributed by atoms with van der Waals surface area (Å²) < 4.78 is 13.2. The van der Waals surface area contributed by atoms with Crippen molar-refractivity contribution in [2.75, 3.05) is 12.0 Å². The predicted octanol–water partition coefficient (Wildman–Crippen LogP) is 2.98. The first kappa shape index (κ1) is 15.0. The summed E-state index contributed by atoms with van der Waals surface area (Å²) in [6, 6.07) is 7.56. The molecule has 20 heavy (non-hydrogen) atoms. The average Bonchev–Trinajstić information content (AvgIpc) is 2.76. The first-order chi connectivity index (χ1) is 9.52. The summed E-state index contributed by atoms with van der Waals surface area (Å²) in [7, 11) is -0.803. The van der Waals surface area contributed by atoms with E-state index in [4.69, 9.17) is 16.9 Å². The van der Waals surface area contributed by atoms with Crippen molar-refractivity contribution in [1.29, 1.82) is 5.26 Å². The second-order valence-electron chi connectivity index (χ2n) is 4.68. The van der Waals surface area contributed by atoms with Gasteiger partial charge in [-0.1, -0.05) is 0 Å². The molecular weight excluding hydrogens is 294 g/mol. The Morgan fingerprint density at radius 2 is 2.30 bits per heavy atom. The summed E-state index contributed by atoms with van der Waals surface area (Å²) in [5.41, 5.74) is 2.35. The van der Waals surface area contributed by atoms with Gasteiger partial charge in [0.25, 0.3) is 0 Å². The van der Waals surface area contributed by atoms with Gasteiger partial charge in [-0.25, -0.2) is 4.98 Å². The SMILES string of the molecule is CC(Cl)c1nc2ccc(C#N)cc2n1CCCS(C)=O. The van der Waals surface area contributed by atoms with E-state index >= 15 is 0 Å². The van der Waals surface area contributed by atoms with Crippen molar-refractivity contribution in [2.45, 2.75) is 25.3 Å². The van der Waals surface area contributed by atoms with Gasteiger partial charge in [0.05, 0.1) is 28.0 Å². The van der Waals surface area contributed by atoms with Crippen molar-refractivity contribution >= 4 is 33.4 Å². The molecule has 0 fully saturated rings. The second kappa shape index (κ2) is 6.38. The standard InChI is InChI=1S/C14H16ClN3OS/c1-10(15)14-17-12-5-4-11(9-16)8-13(12)18(14)6-3-7-20(2)19/h4-5,8,10H,3,6-7H2,1-2H3. The van der Waals surface area contributed by atoms with E-state index in [2.05, 4.69) is 11.1 Å². The number of hydrogen-bond donors (Lipinski definition) is 0. The lowest BCUT2D eigenvalue weighted by atomic mass is 10.2.